The molecule has 2 aliphatic rings. The fourth-order valence-electron chi connectivity index (χ4n) is 2.37. The van der Waals surface area contributed by atoms with E-state index >= 15 is 0 Å². The number of fused-ring (bicyclic) bond motifs is 2. The van der Waals surface area contributed by atoms with E-state index in [1.165, 1.54) is 0 Å². The zero-order valence-electron chi connectivity index (χ0n) is 8.13. The zero-order valence-corrected chi connectivity index (χ0v) is 8.13. The normalized spacial score (nSPS) is 21.6. The molecule has 1 aliphatic heterocycles. The van der Waals surface area contributed by atoms with E-state index in [1.54, 1.807) is 0 Å². The van der Waals surface area contributed by atoms with Crippen LogP contribution in [-0.2, 0) is 10.2 Å². The van der Waals surface area contributed by atoms with Gasteiger partial charge in [-0.25, -0.2) is 0 Å². The van der Waals surface area contributed by atoms with Crippen molar-refractivity contribution < 1.29 is 4.79 Å². The van der Waals surface area contributed by atoms with Gasteiger partial charge in [0, 0.05) is 5.69 Å². The van der Waals surface area contributed by atoms with Gasteiger partial charge in [0.2, 0.25) is 5.91 Å². The van der Waals surface area contributed by atoms with Gasteiger partial charge in [0.25, 0.3) is 0 Å². The molecular formula is C11H12N2O. The van der Waals surface area contributed by atoms with Gasteiger partial charge >= 0.3 is 0 Å². The quantitative estimate of drug-likeness (QED) is 0.674. The Morgan fingerprint density at radius 1 is 1.43 bits per heavy atom. The number of anilines is 1. The van der Waals surface area contributed by atoms with Crippen LogP contribution in [0.2, 0.25) is 0 Å². The average Bonchev–Trinajstić information content (AvgIpc) is 2.35. The summed E-state index contributed by atoms with van der Waals surface area (Å²) in [6.45, 7) is 1.97. The Kier molecular flexibility index (Phi) is 1.34. The van der Waals surface area contributed by atoms with Gasteiger partial charge in [-0.05, 0) is 31.9 Å². The highest BCUT2D eigenvalue weighted by molar-refractivity contribution is 6.06. The molecule has 3 heteroatoms. The highest BCUT2D eigenvalue weighted by Gasteiger charge is 2.52. The predicted molar refractivity (Wildman–Crippen MR) is 53.1 cm³/mol. The third-order valence-electron chi connectivity index (χ3n) is 3.38. The lowest BCUT2D eigenvalue weighted by Crippen LogP contribution is -2.41. The molecule has 0 aromatic carbocycles. The number of carbonyl (C=O) groups excluding carboxylic acids is 1. The van der Waals surface area contributed by atoms with Crippen molar-refractivity contribution in [1.82, 2.24) is 4.98 Å². The number of nitrogens with one attached hydrogen (secondary N) is 1. The van der Waals surface area contributed by atoms with Gasteiger partial charge in [-0.1, -0.05) is 6.42 Å². The van der Waals surface area contributed by atoms with Crippen molar-refractivity contribution in [2.24, 2.45) is 0 Å². The summed E-state index contributed by atoms with van der Waals surface area (Å²) in [5, 5.41) is 2.92. The van der Waals surface area contributed by atoms with E-state index in [2.05, 4.69) is 10.3 Å². The van der Waals surface area contributed by atoms with Crippen LogP contribution in [0.3, 0.4) is 0 Å². The Hall–Kier alpha value is -1.38. The molecule has 3 nitrogen and oxygen atoms in total. The number of hydrogen-bond donors (Lipinski definition) is 1. The van der Waals surface area contributed by atoms with Gasteiger partial charge in [-0.15, -0.1) is 0 Å². The van der Waals surface area contributed by atoms with Crippen LogP contribution in [0.15, 0.2) is 12.1 Å². The zero-order chi connectivity index (χ0) is 9.76. The minimum Gasteiger partial charge on any atom is -0.324 e. The fraction of sp³-hybridized carbons (Fsp3) is 0.455. The molecule has 72 valence electrons. The number of aromatic nitrogens is 1. The Morgan fingerprint density at radius 2 is 2.21 bits per heavy atom. The van der Waals surface area contributed by atoms with Crippen molar-refractivity contribution >= 4 is 11.6 Å². The molecule has 1 spiro atoms. The van der Waals surface area contributed by atoms with Gasteiger partial charge in [-0.3, -0.25) is 9.78 Å². The van der Waals surface area contributed by atoms with Gasteiger partial charge < -0.3 is 5.32 Å². The van der Waals surface area contributed by atoms with Crippen LogP contribution in [0, 0.1) is 6.92 Å². The van der Waals surface area contributed by atoms with E-state index in [0.717, 1.165) is 36.3 Å². The Morgan fingerprint density at radius 3 is 2.86 bits per heavy atom. The highest BCUT2D eigenvalue weighted by atomic mass is 16.2. The van der Waals surface area contributed by atoms with Gasteiger partial charge in [0.15, 0.2) is 0 Å². The summed E-state index contributed by atoms with van der Waals surface area (Å²) in [6, 6.07) is 3.90. The van der Waals surface area contributed by atoms with E-state index < -0.39 is 0 Å². The molecule has 3 rings (SSSR count). The van der Waals surface area contributed by atoms with Crippen molar-refractivity contribution in [1.29, 1.82) is 0 Å². The smallest absolute Gasteiger partial charge is 0.236 e. The second-order valence-electron chi connectivity index (χ2n) is 4.24. The summed E-state index contributed by atoms with van der Waals surface area (Å²) in [5.41, 5.74) is 2.63. The van der Waals surface area contributed by atoms with E-state index in [-0.39, 0.29) is 11.3 Å². The van der Waals surface area contributed by atoms with Gasteiger partial charge in [-0.2, -0.15) is 0 Å². The molecule has 2 heterocycles. The van der Waals surface area contributed by atoms with E-state index in [9.17, 15) is 4.79 Å². The number of nitrogens with zero attached hydrogens (tertiary/aromatic N) is 1. The molecule has 0 radical (unpaired) electrons. The second kappa shape index (κ2) is 2.35. The molecule has 1 amide bonds. The third-order valence-corrected chi connectivity index (χ3v) is 3.38. The maximum Gasteiger partial charge on any atom is 0.236 e. The lowest BCUT2D eigenvalue weighted by atomic mass is 9.67. The SMILES string of the molecule is Cc1ccc2c(n1)C1(CCC1)C(=O)N2. The van der Waals surface area contributed by atoms with Crippen molar-refractivity contribution in [3.63, 3.8) is 0 Å². The summed E-state index contributed by atoms with van der Waals surface area (Å²) in [7, 11) is 0. The molecule has 1 aliphatic carbocycles. The Bertz CT molecular complexity index is 421. The topological polar surface area (TPSA) is 42.0 Å². The molecule has 0 saturated heterocycles. The molecule has 0 unspecified atom stereocenters. The van der Waals surface area contributed by atoms with Crippen molar-refractivity contribution in [2.45, 2.75) is 31.6 Å². The maximum atomic E-state index is 11.8. The molecule has 1 saturated carbocycles. The second-order valence-corrected chi connectivity index (χ2v) is 4.24. The van der Waals surface area contributed by atoms with Crippen LogP contribution in [0.4, 0.5) is 5.69 Å². The molecule has 1 aromatic rings. The molecule has 0 atom stereocenters. The van der Waals surface area contributed by atoms with Crippen LogP contribution in [0.25, 0.3) is 0 Å². The minimum absolute atomic E-state index is 0.150. The summed E-state index contributed by atoms with van der Waals surface area (Å²) < 4.78 is 0. The Balaban J connectivity index is 2.20. The van der Waals surface area contributed by atoms with E-state index in [4.69, 9.17) is 0 Å². The van der Waals surface area contributed by atoms with Crippen LogP contribution >= 0.6 is 0 Å². The minimum atomic E-state index is -0.263. The first-order chi connectivity index (χ1) is 6.72. The fourth-order valence-corrected chi connectivity index (χ4v) is 2.37. The number of rotatable bonds is 0. The number of amides is 1. The summed E-state index contributed by atoms with van der Waals surface area (Å²) in [6.07, 6.45) is 3.06. The van der Waals surface area contributed by atoms with Crippen LogP contribution < -0.4 is 5.32 Å². The first kappa shape index (κ1) is 7.97. The molecule has 1 fully saturated rings. The summed E-state index contributed by atoms with van der Waals surface area (Å²) in [4.78, 5) is 16.3. The number of hydrogen-bond acceptors (Lipinski definition) is 2. The number of aryl methyl sites for hydroxylation is 1. The van der Waals surface area contributed by atoms with Gasteiger partial charge in [0.1, 0.15) is 0 Å². The predicted octanol–water partition coefficient (Wildman–Crippen LogP) is 1.76. The molecule has 1 N–H and O–H groups in total. The van der Waals surface area contributed by atoms with Crippen LogP contribution in [0.1, 0.15) is 30.7 Å². The first-order valence-electron chi connectivity index (χ1n) is 5.02. The maximum absolute atomic E-state index is 11.8. The molecule has 1 aromatic heterocycles. The molecule has 14 heavy (non-hydrogen) atoms. The lowest BCUT2D eigenvalue weighted by molar-refractivity contribution is -0.123. The summed E-state index contributed by atoms with van der Waals surface area (Å²) >= 11 is 0. The monoisotopic (exact) mass is 188 g/mol. The number of carbonyl (C=O) groups is 1. The third kappa shape index (κ3) is 0.775. The van der Waals surface area contributed by atoms with E-state index in [0.29, 0.717) is 0 Å². The average molecular weight is 188 g/mol. The largest absolute Gasteiger partial charge is 0.324 e. The summed E-state index contributed by atoms with van der Waals surface area (Å²) in [5.74, 6) is 0.150. The lowest BCUT2D eigenvalue weighted by Gasteiger charge is -2.35. The van der Waals surface area contributed by atoms with E-state index in [1.807, 2.05) is 19.1 Å². The van der Waals surface area contributed by atoms with Crippen molar-refractivity contribution in [3.8, 4) is 0 Å². The Labute approximate surface area is 82.5 Å². The van der Waals surface area contributed by atoms with Crippen LogP contribution in [-0.4, -0.2) is 10.9 Å². The molecular weight excluding hydrogens is 176 g/mol. The van der Waals surface area contributed by atoms with Crippen molar-refractivity contribution in [3.05, 3.63) is 23.5 Å². The highest BCUT2D eigenvalue weighted by Crippen LogP contribution is 2.49. The first-order valence-corrected chi connectivity index (χ1v) is 5.02. The van der Waals surface area contributed by atoms with Crippen LogP contribution in [0.5, 0.6) is 0 Å². The standard InChI is InChI=1S/C11H12N2O/c1-7-3-4-8-9(12-7)11(5-2-6-11)10(14)13-8/h3-4H,2,5-6H2,1H3,(H,13,14). The van der Waals surface area contributed by atoms with Crippen molar-refractivity contribution in [2.75, 3.05) is 5.32 Å². The number of pyridine rings is 1. The van der Waals surface area contributed by atoms with Gasteiger partial charge in [0.05, 0.1) is 16.8 Å². The molecule has 0 bridgehead atoms.